The van der Waals surface area contributed by atoms with Crippen LogP contribution in [-0.2, 0) is 23.1 Å². The van der Waals surface area contributed by atoms with Crippen LogP contribution in [0.2, 0.25) is 0 Å². The van der Waals surface area contributed by atoms with Gasteiger partial charge in [0.25, 0.3) is 0 Å². The minimum absolute atomic E-state index is 0.103. The molecular formula is C12H13N3O3S. The Morgan fingerprint density at radius 1 is 1.32 bits per heavy atom. The molecule has 0 amide bonds. The summed E-state index contributed by atoms with van der Waals surface area (Å²) in [5.41, 5.74) is 0.916. The molecule has 0 saturated heterocycles. The Balaban J connectivity index is 1.84. The lowest BCUT2D eigenvalue weighted by Crippen LogP contribution is -2.09. The second-order valence-corrected chi connectivity index (χ2v) is 5.52. The number of aryl methyl sites for hydroxylation is 1. The fraction of sp³-hybridized carbons (Fsp3) is 0.250. The van der Waals surface area contributed by atoms with Crippen molar-refractivity contribution >= 4 is 16.8 Å². The van der Waals surface area contributed by atoms with Crippen LogP contribution in [0.15, 0.2) is 36.5 Å². The van der Waals surface area contributed by atoms with Crippen LogP contribution in [0, 0.1) is 0 Å². The molecular weight excluding hydrogens is 266 g/mol. The van der Waals surface area contributed by atoms with Gasteiger partial charge in [-0.3, -0.25) is 8.89 Å². The third-order valence-electron chi connectivity index (χ3n) is 2.48. The molecule has 19 heavy (non-hydrogen) atoms. The molecule has 1 aromatic heterocycles. The van der Waals surface area contributed by atoms with E-state index in [2.05, 4.69) is 10.3 Å². The molecule has 0 bridgehead atoms. The highest BCUT2D eigenvalue weighted by Crippen LogP contribution is 2.03. The van der Waals surface area contributed by atoms with E-state index in [0.717, 1.165) is 5.56 Å². The van der Waals surface area contributed by atoms with Crippen LogP contribution in [0.4, 0.5) is 0 Å². The van der Waals surface area contributed by atoms with E-state index in [1.807, 2.05) is 30.3 Å². The van der Waals surface area contributed by atoms with Crippen molar-refractivity contribution in [2.45, 2.75) is 12.3 Å². The zero-order valence-corrected chi connectivity index (χ0v) is 10.9. The SMILES string of the molecule is O=C(O)c1cn(CCS(=O)Cc2ccccc2)nn1. The summed E-state index contributed by atoms with van der Waals surface area (Å²) in [6.07, 6.45) is 1.34. The van der Waals surface area contributed by atoms with Crippen LogP contribution >= 0.6 is 0 Å². The number of carboxylic acids is 1. The summed E-state index contributed by atoms with van der Waals surface area (Å²) in [6, 6.07) is 9.58. The first kappa shape index (κ1) is 13.4. The van der Waals surface area contributed by atoms with Crippen molar-refractivity contribution in [2.24, 2.45) is 0 Å². The van der Waals surface area contributed by atoms with Crippen LogP contribution in [0.25, 0.3) is 0 Å². The molecule has 1 N–H and O–H groups in total. The quantitative estimate of drug-likeness (QED) is 0.850. The molecule has 0 saturated carbocycles. The molecule has 6 nitrogen and oxygen atoms in total. The fourth-order valence-electron chi connectivity index (χ4n) is 1.53. The summed E-state index contributed by atoms with van der Waals surface area (Å²) in [6.45, 7) is 0.389. The molecule has 1 unspecified atom stereocenters. The summed E-state index contributed by atoms with van der Waals surface area (Å²) in [5.74, 6) is -0.213. The number of nitrogens with zero attached hydrogens (tertiary/aromatic N) is 3. The minimum Gasteiger partial charge on any atom is -0.476 e. The molecule has 1 heterocycles. The van der Waals surface area contributed by atoms with E-state index in [1.54, 1.807) is 0 Å². The molecule has 0 radical (unpaired) electrons. The Bertz CT molecular complexity index is 583. The summed E-state index contributed by atoms with van der Waals surface area (Å²) in [4.78, 5) is 10.6. The highest BCUT2D eigenvalue weighted by Gasteiger charge is 2.09. The average molecular weight is 279 g/mol. The highest BCUT2D eigenvalue weighted by molar-refractivity contribution is 7.84. The van der Waals surface area contributed by atoms with Crippen molar-refractivity contribution in [1.82, 2.24) is 15.0 Å². The van der Waals surface area contributed by atoms with Gasteiger partial charge >= 0.3 is 5.97 Å². The number of aromatic carboxylic acids is 1. The molecule has 0 spiro atoms. The first-order chi connectivity index (χ1) is 9.15. The van der Waals surface area contributed by atoms with Gasteiger partial charge in [0.15, 0.2) is 5.69 Å². The van der Waals surface area contributed by atoms with Crippen LogP contribution < -0.4 is 0 Å². The molecule has 0 fully saturated rings. The Morgan fingerprint density at radius 3 is 2.68 bits per heavy atom. The van der Waals surface area contributed by atoms with Gasteiger partial charge in [0.2, 0.25) is 0 Å². The minimum atomic E-state index is -1.11. The van der Waals surface area contributed by atoms with Crippen molar-refractivity contribution < 1.29 is 14.1 Å². The monoisotopic (exact) mass is 279 g/mol. The van der Waals surface area contributed by atoms with E-state index < -0.39 is 16.8 Å². The van der Waals surface area contributed by atoms with Crippen molar-refractivity contribution in [3.63, 3.8) is 0 Å². The van der Waals surface area contributed by atoms with E-state index >= 15 is 0 Å². The van der Waals surface area contributed by atoms with E-state index in [1.165, 1.54) is 10.9 Å². The lowest BCUT2D eigenvalue weighted by Gasteiger charge is -2.02. The normalized spacial score (nSPS) is 12.2. The first-order valence-electron chi connectivity index (χ1n) is 5.67. The number of benzene rings is 1. The number of rotatable bonds is 6. The van der Waals surface area contributed by atoms with Gasteiger partial charge in [-0.05, 0) is 5.56 Å². The van der Waals surface area contributed by atoms with E-state index in [4.69, 9.17) is 5.11 Å². The zero-order chi connectivity index (χ0) is 13.7. The molecule has 2 rings (SSSR count). The molecule has 100 valence electrons. The van der Waals surface area contributed by atoms with Gasteiger partial charge in [-0.1, -0.05) is 35.5 Å². The Kier molecular flexibility index (Phi) is 4.40. The highest BCUT2D eigenvalue weighted by atomic mass is 32.2. The van der Waals surface area contributed by atoms with Gasteiger partial charge in [0, 0.05) is 22.3 Å². The maximum atomic E-state index is 11.9. The van der Waals surface area contributed by atoms with Gasteiger partial charge in [-0.25, -0.2) is 4.79 Å². The number of carbonyl (C=O) groups is 1. The maximum Gasteiger partial charge on any atom is 0.358 e. The second kappa shape index (κ2) is 6.24. The van der Waals surface area contributed by atoms with Crippen LogP contribution in [0.3, 0.4) is 0 Å². The summed E-state index contributed by atoms with van der Waals surface area (Å²) >= 11 is 0. The van der Waals surface area contributed by atoms with Crippen LogP contribution in [0.1, 0.15) is 16.1 Å². The van der Waals surface area contributed by atoms with Crippen molar-refractivity contribution in [3.8, 4) is 0 Å². The molecule has 0 aliphatic heterocycles. The van der Waals surface area contributed by atoms with Gasteiger partial charge in [0.1, 0.15) is 0 Å². The molecule has 1 aromatic carbocycles. The lowest BCUT2D eigenvalue weighted by atomic mass is 10.2. The predicted molar refractivity (Wildman–Crippen MR) is 70.1 cm³/mol. The van der Waals surface area contributed by atoms with Crippen molar-refractivity contribution in [2.75, 3.05) is 5.75 Å². The number of hydrogen-bond donors (Lipinski definition) is 1. The Hall–Kier alpha value is -2.02. The first-order valence-corrected chi connectivity index (χ1v) is 7.16. The summed E-state index contributed by atoms with van der Waals surface area (Å²) < 4.78 is 13.3. The van der Waals surface area contributed by atoms with Gasteiger partial charge < -0.3 is 5.11 Å². The second-order valence-electron chi connectivity index (χ2n) is 3.95. The van der Waals surface area contributed by atoms with Crippen LogP contribution in [-0.4, -0.2) is 36.0 Å². The third kappa shape index (κ3) is 3.99. The third-order valence-corrected chi connectivity index (χ3v) is 3.77. The topological polar surface area (TPSA) is 85.1 Å². The van der Waals surface area contributed by atoms with Gasteiger partial charge in [0.05, 0.1) is 12.7 Å². The molecule has 0 aliphatic rings. The molecule has 7 heteroatoms. The standard InChI is InChI=1S/C12H13N3O3S/c16-12(17)11-8-15(14-13-11)6-7-19(18)9-10-4-2-1-3-5-10/h1-5,8H,6-7,9H2,(H,16,17). The molecule has 0 aliphatic carbocycles. The summed E-state index contributed by atoms with van der Waals surface area (Å²) in [7, 11) is -1.01. The number of carboxylic acid groups (broad SMARTS) is 1. The number of hydrogen-bond acceptors (Lipinski definition) is 4. The van der Waals surface area contributed by atoms with Crippen molar-refractivity contribution in [1.29, 1.82) is 0 Å². The van der Waals surface area contributed by atoms with E-state index in [-0.39, 0.29) is 5.69 Å². The smallest absolute Gasteiger partial charge is 0.358 e. The Labute approximate surface area is 112 Å². The average Bonchev–Trinajstić information content (AvgIpc) is 2.86. The molecule has 1 atom stereocenters. The van der Waals surface area contributed by atoms with Gasteiger partial charge in [-0.2, -0.15) is 0 Å². The lowest BCUT2D eigenvalue weighted by molar-refractivity contribution is 0.0690. The Morgan fingerprint density at radius 2 is 2.05 bits per heavy atom. The van der Waals surface area contributed by atoms with E-state index in [0.29, 0.717) is 18.1 Å². The molecule has 2 aromatic rings. The van der Waals surface area contributed by atoms with Crippen molar-refractivity contribution in [3.05, 3.63) is 47.8 Å². The summed E-state index contributed by atoms with van der Waals surface area (Å²) in [5, 5.41) is 15.9. The van der Waals surface area contributed by atoms with E-state index in [9.17, 15) is 9.00 Å². The zero-order valence-electron chi connectivity index (χ0n) is 10.1. The largest absolute Gasteiger partial charge is 0.476 e. The predicted octanol–water partition coefficient (Wildman–Crippen LogP) is 0.925. The fourth-order valence-corrected chi connectivity index (χ4v) is 2.63. The number of aromatic nitrogens is 3. The van der Waals surface area contributed by atoms with Crippen LogP contribution in [0.5, 0.6) is 0 Å². The maximum absolute atomic E-state index is 11.9. The van der Waals surface area contributed by atoms with Gasteiger partial charge in [-0.15, -0.1) is 5.10 Å².